The van der Waals surface area contributed by atoms with Gasteiger partial charge in [-0.25, -0.2) is 0 Å². The number of aliphatic imine (C=N–C) groups is 1. The molecular weight excluding hydrogens is 381 g/mol. The van der Waals surface area contributed by atoms with Gasteiger partial charge in [-0.15, -0.1) is 24.0 Å². The molecule has 0 atom stereocenters. The average Bonchev–Trinajstić information content (AvgIpc) is 2.47. The van der Waals surface area contributed by atoms with Gasteiger partial charge in [0.1, 0.15) is 0 Å². The molecule has 1 fully saturated rings. The predicted molar refractivity (Wildman–Crippen MR) is 98.7 cm³/mol. The second kappa shape index (κ2) is 13.6. The van der Waals surface area contributed by atoms with Crippen molar-refractivity contribution in [3.63, 3.8) is 0 Å². The normalized spacial score (nSPS) is 16.7. The molecule has 0 aromatic carbocycles. The Kier molecular flexibility index (Phi) is 13.5. The summed E-state index contributed by atoms with van der Waals surface area (Å²) in [4.78, 5) is 7.04. The van der Waals surface area contributed by atoms with Crippen LogP contribution in [0.3, 0.4) is 0 Å². The van der Waals surface area contributed by atoms with Crippen LogP contribution in [-0.4, -0.2) is 63.0 Å². The van der Waals surface area contributed by atoms with Gasteiger partial charge in [-0.3, -0.25) is 4.99 Å². The molecule has 0 bridgehead atoms. The maximum Gasteiger partial charge on any atom is 0.193 e. The van der Waals surface area contributed by atoms with Gasteiger partial charge < -0.3 is 19.7 Å². The maximum atomic E-state index is 5.69. The lowest BCUT2D eigenvalue weighted by atomic mass is 10.1. The molecule has 0 spiro atoms. The first-order valence-electron chi connectivity index (χ1n) is 8.04. The van der Waals surface area contributed by atoms with E-state index in [2.05, 4.69) is 24.1 Å². The number of nitrogens with one attached hydrogen (secondary N) is 1. The summed E-state index contributed by atoms with van der Waals surface area (Å²) in [7, 11) is 0. The Hall–Kier alpha value is -0.0800. The van der Waals surface area contributed by atoms with E-state index < -0.39 is 0 Å². The highest BCUT2D eigenvalue weighted by Crippen LogP contribution is 2.13. The first kappa shape index (κ1) is 20.9. The minimum atomic E-state index is 0. The van der Waals surface area contributed by atoms with Crippen LogP contribution in [0.15, 0.2) is 4.99 Å². The summed E-state index contributed by atoms with van der Waals surface area (Å²) in [6.45, 7) is 12.4. The number of rotatable bonds is 8. The van der Waals surface area contributed by atoms with Crippen molar-refractivity contribution in [1.29, 1.82) is 0 Å². The van der Waals surface area contributed by atoms with E-state index in [-0.39, 0.29) is 24.0 Å². The third-order valence-electron chi connectivity index (χ3n) is 3.39. The van der Waals surface area contributed by atoms with Crippen molar-refractivity contribution in [3.05, 3.63) is 0 Å². The second-order valence-electron chi connectivity index (χ2n) is 4.93. The first-order valence-corrected chi connectivity index (χ1v) is 8.04. The highest BCUT2D eigenvalue weighted by molar-refractivity contribution is 14.0. The van der Waals surface area contributed by atoms with Gasteiger partial charge in [0.2, 0.25) is 0 Å². The van der Waals surface area contributed by atoms with E-state index in [4.69, 9.17) is 14.5 Å². The zero-order valence-electron chi connectivity index (χ0n) is 13.8. The van der Waals surface area contributed by atoms with Crippen LogP contribution in [-0.2, 0) is 9.47 Å². The molecule has 1 N–H and O–H groups in total. The molecule has 1 rings (SSSR count). The van der Waals surface area contributed by atoms with Crippen molar-refractivity contribution < 1.29 is 9.47 Å². The van der Waals surface area contributed by atoms with E-state index in [0.29, 0.717) is 6.10 Å². The SMILES string of the molecule is CCNC(=NCCCOCC)N1CCC(OCC)CC1.I. The molecule has 0 aromatic heterocycles. The summed E-state index contributed by atoms with van der Waals surface area (Å²) >= 11 is 0. The van der Waals surface area contributed by atoms with Gasteiger partial charge in [-0.1, -0.05) is 0 Å². The van der Waals surface area contributed by atoms with E-state index in [1.807, 2.05) is 6.92 Å². The molecule has 1 aliphatic heterocycles. The lowest BCUT2D eigenvalue weighted by molar-refractivity contribution is 0.0263. The number of ether oxygens (including phenoxy) is 2. The quantitative estimate of drug-likeness (QED) is 0.288. The number of hydrogen-bond acceptors (Lipinski definition) is 3. The number of hydrogen-bond donors (Lipinski definition) is 1. The minimum Gasteiger partial charge on any atom is -0.382 e. The summed E-state index contributed by atoms with van der Waals surface area (Å²) in [6.07, 6.45) is 3.60. The summed E-state index contributed by atoms with van der Waals surface area (Å²) < 4.78 is 11.0. The Morgan fingerprint density at radius 1 is 1.19 bits per heavy atom. The van der Waals surface area contributed by atoms with Gasteiger partial charge in [0, 0.05) is 46.0 Å². The number of halogens is 1. The summed E-state index contributed by atoms with van der Waals surface area (Å²) in [5.74, 6) is 1.04. The average molecular weight is 413 g/mol. The molecule has 0 radical (unpaired) electrons. The van der Waals surface area contributed by atoms with E-state index in [9.17, 15) is 0 Å². The highest BCUT2D eigenvalue weighted by Gasteiger charge is 2.21. The second-order valence-corrected chi connectivity index (χ2v) is 4.93. The lowest BCUT2D eigenvalue weighted by Gasteiger charge is -2.34. The third kappa shape index (κ3) is 8.83. The van der Waals surface area contributed by atoms with Crippen LogP contribution in [0.2, 0.25) is 0 Å². The number of guanidine groups is 1. The van der Waals surface area contributed by atoms with Crippen molar-refractivity contribution >= 4 is 29.9 Å². The van der Waals surface area contributed by atoms with Crippen LogP contribution in [0.5, 0.6) is 0 Å². The molecule has 0 amide bonds. The molecule has 0 aliphatic carbocycles. The van der Waals surface area contributed by atoms with Gasteiger partial charge in [0.15, 0.2) is 5.96 Å². The summed E-state index contributed by atoms with van der Waals surface area (Å²) in [5.41, 5.74) is 0. The molecule has 0 unspecified atom stereocenters. The van der Waals surface area contributed by atoms with Crippen molar-refractivity contribution in [1.82, 2.24) is 10.2 Å². The molecule has 126 valence electrons. The Labute approximate surface area is 146 Å². The standard InChI is InChI=1S/C15H31N3O2.HI/c1-4-16-15(17-10-7-13-19-5-2)18-11-8-14(9-12-18)20-6-3;/h14H,4-13H2,1-3H3,(H,16,17);1H. The molecular formula is C15H32IN3O2. The fraction of sp³-hybridized carbons (Fsp3) is 0.933. The van der Waals surface area contributed by atoms with E-state index in [1.54, 1.807) is 0 Å². The van der Waals surface area contributed by atoms with Crippen molar-refractivity contribution in [2.75, 3.05) is 46.0 Å². The molecule has 0 aromatic rings. The Morgan fingerprint density at radius 2 is 1.90 bits per heavy atom. The van der Waals surface area contributed by atoms with E-state index in [1.165, 1.54) is 0 Å². The molecule has 1 saturated heterocycles. The van der Waals surface area contributed by atoms with Gasteiger partial charge in [-0.2, -0.15) is 0 Å². The highest BCUT2D eigenvalue weighted by atomic mass is 127. The number of likely N-dealkylation sites (tertiary alicyclic amines) is 1. The van der Waals surface area contributed by atoms with Gasteiger partial charge in [0.05, 0.1) is 6.10 Å². The number of piperidine rings is 1. The largest absolute Gasteiger partial charge is 0.382 e. The first-order chi connectivity index (χ1) is 9.81. The smallest absolute Gasteiger partial charge is 0.193 e. The van der Waals surface area contributed by atoms with E-state index in [0.717, 1.165) is 71.2 Å². The predicted octanol–water partition coefficient (Wildman–Crippen LogP) is 2.50. The summed E-state index contributed by atoms with van der Waals surface area (Å²) in [5, 5.41) is 3.38. The van der Waals surface area contributed by atoms with Crippen LogP contribution in [0.1, 0.15) is 40.0 Å². The van der Waals surface area contributed by atoms with Crippen molar-refractivity contribution in [2.45, 2.75) is 46.1 Å². The molecule has 1 heterocycles. The van der Waals surface area contributed by atoms with Crippen molar-refractivity contribution in [2.24, 2.45) is 4.99 Å². The Morgan fingerprint density at radius 3 is 2.48 bits per heavy atom. The van der Waals surface area contributed by atoms with Crippen molar-refractivity contribution in [3.8, 4) is 0 Å². The van der Waals surface area contributed by atoms with Gasteiger partial charge in [-0.05, 0) is 40.0 Å². The lowest BCUT2D eigenvalue weighted by Crippen LogP contribution is -2.47. The Bertz CT molecular complexity index is 270. The topological polar surface area (TPSA) is 46.1 Å². The Balaban J connectivity index is 0.00000400. The van der Waals surface area contributed by atoms with Crippen LogP contribution < -0.4 is 5.32 Å². The van der Waals surface area contributed by atoms with Crippen LogP contribution in [0.25, 0.3) is 0 Å². The molecule has 21 heavy (non-hydrogen) atoms. The third-order valence-corrected chi connectivity index (χ3v) is 3.39. The van der Waals surface area contributed by atoms with Crippen LogP contribution in [0, 0.1) is 0 Å². The zero-order chi connectivity index (χ0) is 14.6. The maximum absolute atomic E-state index is 5.69. The van der Waals surface area contributed by atoms with Gasteiger partial charge in [0.25, 0.3) is 0 Å². The van der Waals surface area contributed by atoms with Crippen LogP contribution in [0.4, 0.5) is 0 Å². The fourth-order valence-corrected chi connectivity index (χ4v) is 2.39. The van der Waals surface area contributed by atoms with Crippen LogP contribution >= 0.6 is 24.0 Å². The number of nitrogens with zero attached hydrogens (tertiary/aromatic N) is 2. The summed E-state index contributed by atoms with van der Waals surface area (Å²) in [6, 6.07) is 0. The van der Waals surface area contributed by atoms with E-state index >= 15 is 0 Å². The molecule has 1 aliphatic rings. The minimum absolute atomic E-state index is 0. The molecule has 0 saturated carbocycles. The zero-order valence-corrected chi connectivity index (χ0v) is 16.1. The fourth-order valence-electron chi connectivity index (χ4n) is 2.39. The molecule has 5 nitrogen and oxygen atoms in total. The van der Waals surface area contributed by atoms with Gasteiger partial charge >= 0.3 is 0 Å². The molecule has 6 heteroatoms. The monoisotopic (exact) mass is 413 g/mol.